The number of carbonyl (C=O) groups excluding carboxylic acids is 1. The Morgan fingerprint density at radius 1 is 0.970 bits per heavy atom. The Bertz CT molecular complexity index is 1110. The van der Waals surface area contributed by atoms with Crippen molar-refractivity contribution in [2.75, 3.05) is 20.8 Å². The number of methoxy groups -OCH3 is 2. The van der Waals surface area contributed by atoms with Gasteiger partial charge in [0.25, 0.3) is 5.91 Å². The molecule has 1 amide bonds. The van der Waals surface area contributed by atoms with Crippen LogP contribution in [0.1, 0.15) is 28.4 Å². The van der Waals surface area contributed by atoms with Crippen LogP contribution in [-0.2, 0) is 6.61 Å². The van der Waals surface area contributed by atoms with E-state index in [1.165, 1.54) is 20.4 Å². The van der Waals surface area contributed by atoms with Gasteiger partial charge < -0.3 is 18.9 Å². The lowest BCUT2D eigenvalue weighted by Gasteiger charge is -2.13. The van der Waals surface area contributed by atoms with E-state index in [-0.39, 0.29) is 0 Å². The highest BCUT2D eigenvalue weighted by Crippen LogP contribution is 2.29. The van der Waals surface area contributed by atoms with Crippen molar-refractivity contribution in [2.24, 2.45) is 5.10 Å². The molecule has 0 aliphatic carbocycles. The zero-order valence-corrected chi connectivity index (χ0v) is 19.4. The van der Waals surface area contributed by atoms with Crippen molar-refractivity contribution >= 4 is 23.7 Å². The molecule has 0 saturated heterocycles. The molecule has 33 heavy (non-hydrogen) atoms. The molecule has 172 valence electrons. The molecule has 0 aromatic heterocycles. The SMILES string of the molecule is CCOc1cc(/C=N\NC(=O)c2cc(OC)cc(OC)c2)ccc1OCc1ccccc1Cl. The van der Waals surface area contributed by atoms with Crippen LogP contribution in [0.15, 0.2) is 65.8 Å². The quantitative estimate of drug-likeness (QED) is 0.331. The van der Waals surface area contributed by atoms with Gasteiger partial charge in [0.15, 0.2) is 11.5 Å². The number of halogens is 1. The summed E-state index contributed by atoms with van der Waals surface area (Å²) in [6.07, 6.45) is 1.52. The monoisotopic (exact) mass is 468 g/mol. The van der Waals surface area contributed by atoms with Crippen molar-refractivity contribution in [3.63, 3.8) is 0 Å². The smallest absolute Gasteiger partial charge is 0.271 e. The molecule has 0 aliphatic rings. The lowest BCUT2D eigenvalue weighted by molar-refractivity contribution is 0.0954. The minimum absolute atomic E-state index is 0.313. The van der Waals surface area contributed by atoms with Gasteiger partial charge in [-0.15, -0.1) is 0 Å². The summed E-state index contributed by atoms with van der Waals surface area (Å²) in [5.41, 5.74) is 4.47. The molecule has 0 heterocycles. The van der Waals surface area contributed by atoms with E-state index < -0.39 is 5.91 Å². The zero-order valence-electron chi connectivity index (χ0n) is 18.6. The van der Waals surface area contributed by atoms with Crippen LogP contribution in [0.4, 0.5) is 0 Å². The molecule has 0 spiro atoms. The second kappa shape index (κ2) is 11.8. The first-order valence-corrected chi connectivity index (χ1v) is 10.6. The van der Waals surface area contributed by atoms with Gasteiger partial charge in [-0.05, 0) is 48.9 Å². The molecular weight excluding hydrogens is 444 g/mol. The molecule has 0 bridgehead atoms. The number of amides is 1. The predicted octanol–water partition coefficient (Wildman–Crippen LogP) is 5.10. The second-order valence-corrected chi connectivity index (χ2v) is 7.23. The second-order valence-electron chi connectivity index (χ2n) is 6.82. The largest absolute Gasteiger partial charge is 0.497 e. The highest BCUT2D eigenvalue weighted by Gasteiger charge is 2.10. The van der Waals surface area contributed by atoms with Gasteiger partial charge in [-0.1, -0.05) is 29.8 Å². The van der Waals surface area contributed by atoms with E-state index >= 15 is 0 Å². The number of nitrogens with zero attached hydrogens (tertiary/aromatic N) is 1. The molecule has 0 unspecified atom stereocenters. The van der Waals surface area contributed by atoms with Crippen molar-refractivity contribution in [1.82, 2.24) is 5.43 Å². The van der Waals surface area contributed by atoms with E-state index in [0.717, 1.165) is 11.1 Å². The Morgan fingerprint density at radius 3 is 2.36 bits per heavy atom. The summed E-state index contributed by atoms with van der Waals surface area (Å²) in [6, 6.07) is 17.8. The van der Waals surface area contributed by atoms with Crippen molar-refractivity contribution in [2.45, 2.75) is 13.5 Å². The molecule has 3 aromatic rings. The molecule has 0 fully saturated rings. The Kier molecular flexibility index (Phi) is 8.55. The molecule has 0 saturated carbocycles. The maximum Gasteiger partial charge on any atom is 0.271 e. The third kappa shape index (κ3) is 6.63. The third-order valence-corrected chi connectivity index (χ3v) is 4.97. The normalized spacial score (nSPS) is 10.7. The van der Waals surface area contributed by atoms with E-state index in [2.05, 4.69) is 10.5 Å². The van der Waals surface area contributed by atoms with Crippen molar-refractivity contribution in [3.8, 4) is 23.0 Å². The molecule has 1 N–H and O–H groups in total. The standard InChI is InChI=1S/C25H25ClN2O5/c1-4-32-24-11-17(9-10-23(24)33-16-18-7-5-6-8-22(18)26)15-27-28-25(29)19-12-20(30-2)14-21(13-19)31-3/h5-15H,4,16H2,1-3H3,(H,28,29)/b27-15-. The van der Waals surface area contributed by atoms with Crippen molar-refractivity contribution in [1.29, 1.82) is 0 Å². The minimum atomic E-state index is -0.395. The van der Waals surface area contributed by atoms with Crippen LogP contribution in [-0.4, -0.2) is 32.9 Å². The summed E-state index contributed by atoms with van der Waals surface area (Å²) >= 11 is 6.20. The Balaban J connectivity index is 1.68. The fraction of sp³-hybridized carbons (Fsp3) is 0.200. The molecule has 3 aromatic carbocycles. The number of hydrogen-bond donors (Lipinski definition) is 1. The first-order valence-electron chi connectivity index (χ1n) is 10.2. The van der Waals surface area contributed by atoms with Crippen molar-refractivity contribution < 1.29 is 23.7 Å². The molecule has 8 heteroatoms. The first-order chi connectivity index (χ1) is 16.0. The molecule has 7 nitrogen and oxygen atoms in total. The molecule has 0 radical (unpaired) electrons. The number of benzene rings is 3. The van der Waals surface area contributed by atoms with Crippen molar-refractivity contribution in [3.05, 3.63) is 82.4 Å². The lowest BCUT2D eigenvalue weighted by Crippen LogP contribution is -2.17. The van der Waals surface area contributed by atoms with Gasteiger partial charge >= 0.3 is 0 Å². The highest BCUT2D eigenvalue weighted by molar-refractivity contribution is 6.31. The maximum atomic E-state index is 12.5. The number of hydrazone groups is 1. The van der Waals surface area contributed by atoms with Gasteiger partial charge in [-0.25, -0.2) is 5.43 Å². The maximum absolute atomic E-state index is 12.5. The fourth-order valence-electron chi connectivity index (χ4n) is 2.93. The average Bonchev–Trinajstić information content (AvgIpc) is 2.84. The van der Waals surface area contributed by atoms with Crippen LogP contribution in [0, 0.1) is 0 Å². The van der Waals surface area contributed by atoms with Gasteiger partial charge in [0.05, 0.1) is 27.0 Å². The molecule has 3 rings (SSSR count). The van der Waals surface area contributed by atoms with Crippen LogP contribution < -0.4 is 24.4 Å². The van der Waals surface area contributed by atoms with Crippen LogP contribution in [0.3, 0.4) is 0 Å². The van der Waals surface area contributed by atoms with E-state index in [1.54, 1.807) is 30.3 Å². The van der Waals surface area contributed by atoms with Crippen LogP contribution >= 0.6 is 11.6 Å². The molecular formula is C25H25ClN2O5. The average molecular weight is 469 g/mol. The Hall–Kier alpha value is -3.71. The van der Waals surface area contributed by atoms with E-state index in [4.69, 9.17) is 30.5 Å². The summed E-state index contributed by atoms with van der Waals surface area (Å²) in [4.78, 5) is 12.5. The number of nitrogens with one attached hydrogen (secondary N) is 1. The fourth-order valence-corrected chi connectivity index (χ4v) is 3.12. The number of hydrogen-bond acceptors (Lipinski definition) is 6. The topological polar surface area (TPSA) is 78.4 Å². The number of carbonyl (C=O) groups is 1. The van der Waals surface area contributed by atoms with E-state index in [1.807, 2.05) is 37.3 Å². The van der Waals surface area contributed by atoms with Crippen LogP contribution in [0.5, 0.6) is 23.0 Å². The van der Waals surface area contributed by atoms with Gasteiger partial charge in [0.1, 0.15) is 18.1 Å². The van der Waals surface area contributed by atoms with Gasteiger partial charge in [-0.3, -0.25) is 4.79 Å². The summed E-state index contributed by atoms with van der Waals surface area (Å²) in [5.74, 6) is 1.78. The Morgan fingerprint density at radius 2 is 1.70 bits per heavy atom. The third-order valence-electron chi connectivity index (χ3n) is 4.60. The van der Waals surface area contributed by atoms with Crippen LogP contribution in [0.25, 0.3) is 0 Å². The highest BCUT2D eigenvalue weighted by atomic mass is 35.5. The van der Waals surface area contributed by atoms with Gasteiger partial charge in [0.2, 0.25) is 0 Å². The van der Waals surface area contributed by atoms with E-state index in [0.29, 0.717) is 46.8 Å². The van der Waals surface area contributed by atoms with Gasteiger partial charge in [-0.2, -0.15) is 5.10 Å². The summed E-state index contributed by atoms with van der Waals surface area (Å²) in [5, 5.41) is 4.69. The molecule has 0 aliphatic heterocycles. The zero-order chi connectivity index (χ0) is 23.6. The number of ether oxygens (including phenoxy) is 4. The van der Waals surface area contributed by atoms with Crippen LogP contribution in [0.2, 0.25) is 5.02 Å². The summed E-state index contributed by atoms with van der Waals surface area (Å²) in [6.45, 7) is 2.67. The number of rotatable bonds is 10. The summed E-state index contributed by atoms with van der Waals surface area (Å²) in [7, 11) is 3.04. The summed E-state index contributed by atoms with van der Waals surface area (Å²) < 4.78 is 22.0. The van der Waals surface area contributed by atoms with E-state index in [9.17, 15) is 4.79 Å². The predicted molar refractivity (Wildman–Crippen MR) is 128 cm³/mol. The first kappa shape index (κ1) is 23.9. The van der Waals surface area contributed by atoms with Gasteiger partial charge in [0, 0.05) is 22.2 Å². The minimum Gasteiger partial charge on any atom is -0.497 e. The molecule has 0 atom stereocenters. The Labute approximate surface area is 197 Å². The lowest BCUT2D eigenvalue weighted by atomic mass is 10.2.